The first-order valence-electron chi connectivity index (χ1n) is 10.0. The van der Waals surface area contributed by atoms with Crippen LogP contribution in [0.5, 0.6) is 5.75 Å². The van der Waals surface area contributed by atoms with Gasteiger partial charge in [0.25, 0.3) is 5.91 Å². The molecule has 0 saturated carbocycles. The van der Waals surface area contributed by atoms with E-state index in [0.717, 1.165) is 17.7 Å². The average molecular weight is 419 g/mol. The molecule has 154 valence electrons. The van der Waals surface area contributed by atoms with Gasteiger partial charge in [0.15, 0.2) is 5.11 Å². The standard InChI is InChI=1S/C25H26N2O2S/c1-3-18(2)20-12-14-22(15-13-20)26-25(30)27-24(28)21-10-7-11-23(16-21)29-17-19-8-5-4-6-9-19/h4-16,18H,3,17H2,1-2H3,(H2,26,27,28,30)/t18-/m1/s1. The second-order valence-electron chi connectivity index (χ2n) is 7.14. The van der Waals surface area contributed by atoms with Crippen LogP contribution < -0.4 is 15.4 Å². The quantitative estimate of drug-likeness (QED) is 0.469. The second-order valence-corrected chi connectivity index (χ2v) is 7.55. The lowest BCUT2D eigenvalue weighted by Gasteiger charge is -2.13. The number of rotatable bonds is 7. The van der Waals surface area contributed by atoms with Gasteiger partial charge in [0.05, 0.1) is 0 Å². The maximum Gasteiger partial charge on any atom is 0.257 e. The van der Waals surface area contributed by atoms with Crippen LogP contribution in [0.4, 0.5) is 5.69 Å². The van der Waals surface area contributed by atoms with E-state index in [0.29, 0.717) is 23.8 Å². The number of benzene rings is 3. The third-order valence-corrected chi connectivity index (χ3v) is 5.13. The van der Waals surface area contributed by atoms with Crippen molar-refractivity contribution in [2.75, 3.05) is 5.32 Å². The third-order valence-electron chi connectivity index (χ3n) is 4.92. The molecule has 0 heterocycles. The Morgan fingerprint density at radius 2 is 1.73 bits per heavy atom. The summed E-state index contributed by atoms with van der Waals surface area (Å²) in [6.07, 6.45) is 1.09. The molecule has 5 heteroatoms. The van der Waals surface area contributed by atoms with E-state index in [1.165, 1.54) is 5.56 Å². The van der Waals surface area contributed by atoms with Crippen molar-refractivity contribution >= 4 is 28.9 Å². The van der Waals surface area contributed by atoms with E-state index in [-0.39, 0.29) is 11.0 Å². The van der Waals surface area contributed by atoms with E-state index in [9.17, 15) is 4.79 Å². The predicted octanol–water partition coefficient (Wildman–Crippen LogP) is 5.91. The number of carbonyl (C=O) groups is 1. The van der Waals surface area contributed by atoms with Crippen molar-refractivity contribution in [1.29, 1.82) is 0 Å². The van der Waals surface area contributed by atoms with Crippen LogP contribution >= 0.6 is 12.2 Å². The summed E-state index contributed by atoms with van der Waals surface area (Å²) >= 11 is 5.29. The molecule has 0 radical (unpaired) electrons. The highest BCUT2D eigenvalue weighted by molar-refractivity contribution is 7.80. The van der Waals surface area contributed by atoms with E-state index in [1.807, 2.05) is 48.5 Å². The second kappa shape index (κ2) is 10.6. The van der Waals surface area contributed by atoms with Gasteiger partial charge in [0, 0.05) is 11.3 Å². The fourth-order valence-electron chi connectivity index (χ4n) is 2.94. The largest absolute Gasteiger partial charge is 0.489 e. The molecular formula is C25H26N2O2S. The van der Waals surface area contributed by atoms with Crippen LogP contribution in [-0.4, -0.2) is 11.0 Å². The first-order valence-corrected chi connectivity index (χ1v) is 10.4. The summed E-state index contributed by atoms with van der Waals surface area (Å²) in [6, 6.07) is 25.0. The molecule has 3 aromatic carbocycles. The van der Waals surface area contributed by atoms with E-state index in [2.05, 4.69) is 36.6 Å². The Bertz CT molecular complexity index is 988. The molecule has 0 aliphatic carbocycles. The maximum atomic E-state index is 12.6. The highest BCUT2D eigenvalue weighted by Crippen LogP contribution is 2.20. The van der Waals surface area contributed by atoms with Crippen LogP contribution in [-0.2, 0) is 6.61 Å². The Hall–Kier alpha value is -3.18. The lowest BCUT2D eigenvalue weighted by Crippen LogP contribution is -2.34. The number of thiocarbonyl (C=S) groups is 1. The Kier molecular flexibility index (Phi) is 7.57. The lowest BCUT2D eigenvalue weighted by atomic mass is 9.99. The molecule has 0 fully saturated rings. The number of anilines is 1. The maximum absolute atomic E-state index is 12.6. The zero-order valence-corrected chi connectivity index (χ0v) is 18.0. The molecule has 1 amide bonds. The van der Waals surface area contributed by atoms with Crippen LogP contribution in [0.1, 0.15) is 47.7 Å². The van der Waals surface area contributed by atoms with Crippen molar-refractivity contribution in [2.45, 2.75) is 32.8 Å². The van der Waals surface area contributed by atoms with Gasteiger partial charge in [0.1, 0.15) is 12.4 Å². The summed E-state index contributed by atoms with van der Waals surface area (Å²) in [5.74, 6) is 0.863. The van der Waals surface area contributed by atoms with Gasteiger partial charge in [0.2, 0.25) is 0 Å². The van der Waals surface area contributed by atoms with Crippen LogP contribution in [0, 0.1) is 0 Å². The van der Waals surface area contributed by atoms with Crippen molar-refractivity contribution < 1.29 is 9.53 Å². The fourth-order valence-corrected chi connectivity index (χ4v) is 3.15. The van der Waals surface area contributed by atoms with E-state index < -0.39 is 0 Å². The van der Waals surface area contributed by atoms with Crippen molar-refractivity contribution in [3.05, 3.63) is 95.6 Å². The van der Waals surface area contributed by atoms with Crippen LogP contribution in [0.15, 0.2) is 78.9 Å². The first-order chi connectivity index (χ1) is 14.5. The smallest absolute Gasteiger partial charge is 0.257 e. The minimum Gasteiger partial charge on any atom is -0.489 e. The first kappa shape index (κ1) is 21.5. The molecule has 0 aromatic heterocycles. The lowest BCUT2D eigenvalue weighted by molar-refractivity contribution is 0.0977. The highest BCUT2D eigenvalue weighted by Gasteiger charge is 2.10. The van der Waals surface area contributed by atoms with Crippen LogP contribution in [0.25, 0.3) is 0 Å². The number of amides is 1. The van der Waals surface area contributed by atoms with Gasteiger partial charge in [-0.3, -0.25) is 10.1 Å². The molecule has 3 aromatic rings. The monoisotopic (exact) mass is 418 g/mol. The SMILES string of the molecule is CC[C@@H](C)c1ccc(NC(=S)NC(=O)c2cccc(OCc3ccccc3)c2)cc1. The molecule has 0 aliphatic heterocycles. The van der Waals surface area contributed by atoms with E-state index in [4.69, 9.17) is 17.0 Å². The van der Waals surface area contributed by atoms with Crippen LogP contribution in [0.3, 0.4) is 0 Å². The van der Waals surface area contributed by atoms with Crippen LogP contribution in [0.2, 0.25) is 0 Å². The summed E-state index contributed by atoms with van der Waals surface area (Å²) in [5, 5.41) is 6.03. The molecule has 0 bridgehead atoms. The average Bonchev–Trinajstić information content (AvgIpc) is 2.78. The Labute approximate surface area is 183 Å². The molecule has 3 rings (SSSR count). The van der Waals surface area contributed by atoms with E-state index >= 15 is 0 Å². The molecule has 1 atom stereocenters. The van der Waals surface area contributed by atoms with Gasteiger partial charge < -0.3 is 10.1 Å². The number of hydrogen-bond donors (Lipinski definition) is 2. The summed E-state index contributed by atoms with van der Waals surface area (Å²) in [5.41, 5.74) is 3.67. The number of ether oxygens (including phenoxy) is 1. The molecule has 30 heavy (non-hydrogen) atoms. The van der Waals surface area contributed by atoms with E-state index in [1.54, 1.807) is 18.2 Å². The van der Waals surface area contributed by atoms with Gasteiger partial charge in [-0.25, -0.2) is 0 Å². The molecule has 0 unspecified atom stereocenters. The number of carbonyl (C=O) groups excluding carboxylic acids is 1. The highest BCUT2D eigenvalue weighted by atomic mass is 32.1. The van der Waals surface area contributed by atoms with Crippen molar-refractivity contribution in [2.24, 2.45) is 0 Å². The Morgan fingerprint density at radius 1 is 1.00 bits per heavy atom. The predicted molar refractivity (Wildman–Crippen MR) is 126 cm³/mol. The minimum atomic E-state index is -0.283. The van der Waals surface area contributed by atoms with Gasteiger partial charge >= 0.3 is 0 Å². The minimum absolute atomic E-state index is 0.256. The molecular weight excluding hydrogens is 392 g/mol. The molecule has 0 aliphatic rings. The fraction of sp³-hybridized carbons (Fsp3) is 0.200. The molecule has 0 saturated heterocycles. The normalized spacial score (nSPS) is 11.4. The topological polar surface area (TPSA) is 50.4 Å². The van der Waals surface area contributed by atoms with Crippen molar-refractivity contribution in [1.82, 2.24) is 5.32 Å². The summed E-state index contributed by atoms with van der Waals surface area (Å²) in [6.45, 7) is 4.81. The zero-order chi connectivity index (χ0) is 21.3. The Morgan fingerprint density at radius 3 is 2.43 bits per heavy atom. The number of hydrogen-bond acceptors (Lipinski definition) is 3. The van der Waals surface area contributed by atoms with Gasteiger partial charge in [-0.1, -0.05) is 62.4 Å². The number of nitrogens with one attached hydrogen (secondary N) is 2. The Balaban J connectivity index is 1.55. The van der Waals surface area contributed by atoms with Gasteiger partial charge in [-0.05, 0) is 66.0 Å². The molecule has 2 N–H and O–H groups in total. The summed E-state index contributed by atoms with van der Waals surface area (Å²) < 4.78 is 5.79. The summed E-state index contributed by atoms with van der Waals surface area (Å²) in [4.78, 5) is 12.6. The molecule has 4 nitrogen and oxygen atoms in total. The zero-order valence-electron chi connectivity index (χ0n) is 17.2. The van der Waals surface area contributed by atoms with Crippen molar-refractivity contribution in [3.8, 4) is 5.75 Å². The van der Waals surface area contributed by atoms with Gasteiger partial charge in [-0.2, -0.15) is 0 Å². The molecule has 0 spiro atoms. The third kappa shape index (κ3) is 6.16. The summed E-state index contributed by atoms with van der Waals surface area (Å²) in [7, 11) is 0. The van der Waals surface area contributed by atoms with Crippen molar-refractivity contribution in [3.63, 3.8) is 0 Å². The van der Waals surface area contributed by atoms with Gasteiger partial charge in [-0.15, -0.1) is 0 Å².